The molecule has 0 unspecified atom stereocenters. The molecule has 1 aromatic rings. The molecule has 1 amide bonds. The van der Waals surface area contributed by atoms with Crippen LogP contribution in [0.2, 0.25) is 0 Å². The summed E-state index contributed by atoms with van der Waals surface area (Å²) in [6, 6.07) is 5.04. The zero-order valence-corrected chi connectivity index (χ0v) is 8.73. The van der Waals surface area contributed by atoms with E-state index in [0.717, 1.165) is 4.90 Å². The normalized spacial score (nSPS) is 9.73. The molecule has 0 saturated carbocycles. The molecule has 0 saturated heterocycles. The Morgan fingerprint density at radius 1 is 1.60 bits per heavy atom. The summed E-state index contributed by atoms with van der Waals surface area (Å²) >= 11 is 0. The fourth-order valence-corrected chi connectivity index (χ4v) is 1.38. The zero-order chi connectivity index (χ0) is 11.4. The number of methoxy groups -OCH3 is 1. The first kappa shape index (κ1) is 11.2. The summed E-state index contributed by atoms with van der Waals surface area (Å²) in [4.78, 5) is 12.1. The molecule has 0 aliphatic rings. The SMILES string of the molecule is CCN(C(=O)O)c1c(N)cccc1OC. The molecule has 0 heterocycles. The molecule has 15 heavy (non-hydrogen) atoms. The third kappa shape index (κ3) is 2.12. The minimum atomic E-state index is -1.05. The van der Waals surface area contributed by atoms with E-state index in [1.54, 1.807) is 25.1 Å². The fourth-order valence-electron chi connectivity index (χ4n) is 1.38. The average molecular weight is 210 g/mol. The van der Waals surface area contributed by atoms with E-state index in [1.165, 1.54) is 7.11 Å². The molecule has 1 rings (SSSR count). The van der Waals surface area contributed by atoms with Gasteiger partial charge in [0.15, 0.2) is 0 Å². The molecule has 0 aliphatic carbocycles. The summed E-state index contributed by atoms with van der Waals surface area (Å²) in [5, 5.41) is 8.99. The maximum absolute atomic E-state index is 11.0. The second kappa shape index (κ2) is 4.54. The van der Waals surface area contributed by atoms with Gasteiger partial charge in [0.25, 0.3) is 0 Å². The highest BCUT2D eigenvalue weighted by Crippen LogP contribution is 2.33. The Bertz CT molecular complexity index is 366. The maximum Gasteiger partial charge on any atom is 0.411 e. The second-order valence-electron chi connectivity index (χ2n) is 2.92. The molecular formula is C10H14N2O3. The van der Waals surface area contributed by atoms with Crippen molar-refractivity contribution in [3.63, 3.8) is 0 Å². The molecule has 0 radical (unpaired) electrons. The molecule has 0 atom stereocenters. The van der Waals surface area contributed by atoms with Crippen LogP contribution in [0.4, 0.5) is 16.2 Å². The van der Waals surface area contributed by atoms with Crippen molar-refractivity contribution in [2.75, 3.05) is 24.3 Å². The monoisotopic (exact) mass is 210 g/mol. The summed E-state index contributed by atoms with van der Waals surface area (Å²) in [5.74, 6) is 0.458. The van der Waals surface area contributed by atoms with E-state index in [-0.39, 0.29) is 0 Å². The number of carboxylic acid groups (broad SMARTS) is 1. The molecule has 0 bridgehead atoms. The fraction of sp³-hybridized carbons (Fsp3) is 0.300. The van der Waals surface area contributed by atoms with E-state index >= 15 is 0 Å². The quantitative estimate of drug-likeness (QED) is 0.745. The number of carbonyl (C=O) groups is 1. The Morgan fingerprint density at radius 3 is 2.73 bits per heavy atom. The largest absolute Gasteiger partial charge is 0.494 e. The van der Waals surface area contributed by atoms with Gasteiger partial charge >= 0.3 is 6.09 Å². The first-order valence-corrected chi connectivity index (χ1v) is 4.54. The number of nitrogen functional groups attached to an aromatic ring is 1. The van der Waals surface area contributed by atoms with Gasteiger partial charge in [-0.3, -0.25) is 4.90 Å². The van der Waals surface area contributed by atoms with Crippen LogP contribution in [0.5, 0.6) is 5.75 Å². The lowest BCUT2D eigenvalue weighted by Crippen LogP contribution is -2.29. The smallest absolute Gasteiger partial charge is 0.411 e. The van der Waals surface area contributed by atoms with Crippen molar-refractivity contribution >= 4 is 17.5 Å². The number of benzene rings is 1. The Labute approximate surface area is 88.1 Å². The highest BCUT2D eigenvalue weighted by molar-refractivity contribution is 5.93. The number of amides is 1. The van der Waals surface area contributed by atoms with Gasteiger partial charge in [-0.1, -0.05) is 6.07 Å². The van der Waals surface area contributed by atoms with Crippen LogP contribution in [-0.4, -0.2) is 24.9 Å². The molecule has 1 aromatic carbocycles. The maximum atomic E-state index is 11.0. The summed E-state index contributed by atoms with van der Waals surface area (Å²) in [7, 11) is 1.48. The summed E-state index contributed by atoms with van der Waals surface area (Å²) in [6.07, 6.45) is -1.05. The number of hydrogen-bond donors (Lipinski definition) is 2. The molecular weight excluding hydrogens is 196 g/mol. The lowest BCUT2D eigenvalue weighted by molar-refractivity contribution is 0.202. The molecule has 82 valence electrons. The Kier molecular flexibility index (Phi) is 3.38. The van der Waals surface area contributed by atoms with Gasteiger partial charge < -0.3 is 15.6 Å². The number of nitrogens with zero attached hydrogens (tertiary/aromatic N) is 1. The molecule has 0 fully saturated rings. The predicted molar refractivity (Wildman–Crippen MR) is 58.5 cm³/mol. The van der Waals surface area contributed by atoms with Crippen molar-refractivity contribution in [1.29, 1.82) is 0 Å². The zero-order valence-electron chi connectivity index (χ0n) is 8.73. The van der Waals surface area contributed by atoms with Crippen LogP contribution >= 0.6 is 0 Å². The van der Waals surface area contributed by atoms with E-state index < -0.39 is 6.09 Å². The topological polar surface area (TPSA) is 75.8 Å². The Morgan fingerprint density at radius 2 is 2.27 bits per heavy atom. The predicted octanol–water partition coefficient (Wildman–Crippen LogP) is 1.78. The van der Waals surface area contributed by atoms with E-state index in [1.807, 2.05) is 0 Å². The lowest BCUT2D eigenvalue weighted by atomic mass is 10.2. The number of anilines is 2. The number of para-hydroxylation sites is 1. The van der Waals surface area contributed by atoms with Crippen molar-refractivity contribution < 1.29 is 14.6 Å². The van der Waals surface area contributed by atoms with Gasteiger partial charge in [0.2, 0.25) is 0 Å². The van der Waals surface area contributed by atoms with Crippen molar-refractivity contribution in [1.82, 2.24) is 0 Å². The molecule has 3 N–H and O–H groups in total. The molecule has 0 aliphatic heterocycles. The summed E-state index contributed by atoms with van der Waals surface area (Å²) in [5.41, 5.74) is 6.51. The second-order valence-corrected chi connectivity index (χ2v) is 2.92. The van der Waals surface area contributed by atoms with Gasteiger partial charge in [-0.25, -0.2) is 4.79 Å². The van der Waals surface area contributed by atoms with Crippen LogP contribution in [0, 0.1) is 0 Å². The minimum absolute atomic E-state index is 0.319. The van der Waals surface area contributed by atoms with Crippen LogP contribution < -0.4 is 15.4 Å². The summed E-state index contributed by atoms with van der Waals surface area (Å²) < 4.78 is 5.07. The highest BCUT2D eigenvalue weighted by Gasteiger charge is 2.19. The number of hydrogen-bond acceptors (Lipinski definition) is 3. The molecule has 5 nitrogen and oxygen atoms in total. The van der Waals surface area contributed by atoms with Gasteiger partial charge in [-0.05, 0) is 19.1 Å². The van der Waals surface area contributed by atoms with Gasteiger partial charge in [0.05, 0.1) is 12.8 Å². The number of nitrogens with two attached hydrogens (primary N) is 1. The summed E-state index contributed by atoms with van der Waals surface area (Å²) in [6.45, 7) is 2.06. The van der Waals surface area contributed by atoms with Gasteiger partial charge in [0, 0.05) is 6.54 Å². The number of rotatable bonds is 3. The lowest BCUT2D eigenvalue weighted by Gasteiger charge is -2.21. The van der Waals surface area contributed by atoms with Crippen molar-refractivity contribution in [3.05, 3.63) is 18.2 Å². The van der Waals surface area contributed by atoms with Crippen molar-refractivity contribution in [3.8, 4) is 5.75 Å². The minimum Gasteiger partial charge on any atom is -0.494 e. The van der Waals surface area contributed by atoms with Gasteiger partial charge in [0.1, 0.15) is 11.4 Å². The van der Waals surface area contributed by atoms with E-state index in [2.05, 4.69) is 0 Å². The van der Waals surface area contributed by atoms with E-state index in [0.29, 0.717) is 23.7 Å². The van der Waals surface area contributed by atoms with Crippen LogP contribution in [0.3, 0.4) is 0 Å². The number of ether oxygens (including phenoxy) is 1. The Balaban J connectivity index is 3.26. The van der Waals surface area contributed by atoms with Gasteiger partial charge in [-0.15, -0.1) is 0 Å². The van der Waals surface area contributed by atoms with Crippen LogP contribution in [-0.2, 0) is 0 Å². The molecule has 0 spiro atoms. The third-order valence-electron chi connectivity index (χ3n) is 2.07. The van der Waals surface area contributed by atoms with E-state index in [9.17, 15) is 4.79 Å². The van der Waals surface area contributed by atoms with Crippen LogP contribution in [0.15, 0.2) is 18.2 Å². The third-order valence-corrected chi connectivity index (χ3v) is 2.07. The van der Waals surface area contributed by atoms with Crippen LogP contribution in [0.25, 0.3) is 0 Å². The van der Waals surface area contributed by atoms with Crippen molar-refractivity contribution in [2.24, 2.45) is 0 Å². The average Bonchev–Trinajstić information content (AvgIpc) is 2.21. The molecule has 5 heteroatoms. The van der Waals surface area contributed by atoms with Crippen LogP contribution in [0.1, 0.15) is 6.92 Å². The standard InChI is InChI=1S/C10H14N2O3/c1-3-12(10(13)14)9-7(11)5-4-6-8(9)15-2/h4-6H,3,11H2,1-2H3,(H,13,14). The highest BCUT2D eigenvalue weighted by atomic mass is 16.5. The first-order valence-electron chi connectivity index (χ1n) is 4.54. The Hall–Kier alpha value is -1.91. The molecule has 0 aromatic heterocycles. The van der Waals surface area contributed by atoms with E-state index in [4.69, 9.17) is 15.6 Å². The first-order chi connectivity index (χ1) is 7.11. The van der Waals surface area contributed by atoms with Gasteiger partial charge in [-0.2, -0.15) is 0 Å². The van der Waals surface area contributed by atoms with Crippen molar-refractivity contribution in [2.45, 2.75) is 6.92 Å².